The molecule has 3 amide bonds. The molecule has 150 valence electrons. The monoisotopic (exact) mass is 405 g/mol. The number of benzene rings is 1. The van der Waals surface area contributed by atoms with Gasteiger partial charge in [0.2, 0.25) is 11.8 Å². The highest BCUT2D eigenvalue weighted by molar-refractivity contribution is 8.00. The number of thioether (sulfide) groups is 1. The Morgan fingerprint density at radius 3 is 2.68 bits per heavy atom. The smallest absolute Gasteiger partial charge is 0.330 e. The number of rotatable bonds is 7. The highest BCUT2D eigenvalue weighted by Gasteiger charge is 2.57. The Bertz CT molecular complexity index is 772. The van der Waals surface area contributed by atoms with E-state index < -0.39 is 29.4 Å². The molecule has 2 aliphatic heterocycles. The van der Waals surface area contributed by atoms with Crippen LogP contribution in [0, 0.1) is 0 Å². The Labute approximate surface area is 167 Å². The summed E-state index contributed by atoms with van der Waals surface area (Å²) < 4.78 is 5.13. The summed E-state index contributed by atoms with van der Waals surface area (Å²) in [5, 5.41) is 4.94. The molecule has 2 heterocycles. The molecule has 0 saturated carbocycles. The van der Waals surface area contributed by atoms with Crippen molar-refractivity contribution in [3.05, 3.63) is 35.9 Å². The first-order valence-electron chi connectivity index (χ1n) is 9.19. The van der Waals surface area contributed by atoms with Crippen LogP contribution in [-0.2, 0) is 28.8 Å². The second kappa shape index (κ2) is 8.64. The summed E-state index contributed by atoms with van der Waals surface area (Å²) in [6.45, 7) is 1.58. The van der Waals surface area contributed by atoms with E-state index in [2.05, 4.69) is 10.6 Å². The van der Waals surface area contributed by atoms with E-state index >= 15 is 0 Å². The lowest BCUT2D eigenvalue weighted by atomic mass is 10.0. The predicted octanol–water partition coefficient (Wildman–Crippen LogP) is 0.373. The molecule has 9 heteroatoms. The van der Waals surface area contributed by atoms with Crippen molar-refractivity contribution in [1.82, 2.24) is 15.5 Å². The summed E-state index contributed by atoms with van der Waals surface area (Å²) in [6.07, 6.45) is 1.01. The third-order valence-electron chi connectivity index (χ3n) is 4.79. The normalized spacial score (nSPS) is 23.2. The molecule has 3 rings (SSSR count). The van der Waals surface area contributed by atoms with Gasteiger partial charge < -0.3 is 20.3 Å². The van der Waals surface area contributed by atoms with E-state index in [1.807, 2.05) is 30.3 Å². The molecule has 2 N–H and O–H groups in total. The van der Waals surface area contributed by atoms with Crippen LogP contribution in [0.4, 0.5) is 0 Å². The molecule has 0 radical (unpaired) electrons. The van der Waals surface area contributed by atoms with Gasteiger partial charge in [0, 0.05) is 18.7 Å². The summed E-state index contributed by atoms with van der Waals surface area (Å²) in [4.78, 5) is 49.3. The molecule has 8 nitrogen and oxygen atoms in total. The van der Waals surface area contributed by atoms with Crippen LogP contribution in [0.3, 0.4) is 0 Å². The number of hydrogen-bond donors (Lipinski definition) is 2. The van der Waals surface area contributed by atoms with Crippen molar-refractivity contribution in [2.75, 3.05) is 25.4 Å². The Morgan fingerprint density at radius 2 is 1.96 bits per heavy atom. The Morgan fingerprint density at radius 1 is 1.21 bits per heavy atom. The van der Waals surface area contributed by atoms with E-state index in [-0.39, 0.29) is 18.4 Å². The van der Waals surface area contributed by atoms with Gasteiger partial charge in [-0.3, -0.25) is 14.4 Å². The predicted molar refractivity (Wildman–Crippen MR) is 103 cm³/mol. The second-order valence-electron chi connectivity index (χ2n) is 6.58. The van der Waals surface area contributed by atoms with Crippen molar-refractivity contribution >= 4 is 35.5 Å². The zero-order valence-corrected chi connectivity index (χ0v) is 16.4. The van der Waals surface area contributed by atoms with Crippen LogP contribution in [0.5, 0.6) is 0 Å². The van der Waals surface area contributed by atoms with Crippen LogP contribution < -0.4 is 10.6 Å². The molecule has 2 fully saturated rings. The highest BCUT2D eigenvalue weighted by atomic mass is 32.2. The van der Waals surface area contributed by atoms with Crippen molar-refractivity contribution < 1.29 is 23.9 Å². The van der Waals surface area contributed by atoms with E-state index in [1.165, 1.54) is 0 Å². The van der Waals surface area contributed by atoms with Crippen molar-refractivity contribution in [3.63, 3.8) is 0 Å². The third-order valence-corrected chi connectivity index (χ3v) is 6.39. The molecule has 1 aromatic carbocycles. The zero-order valence-electron chi connectivity index (χ0n) is 15.6. The van der Waals surface area contributed by atoms with Gasteiger partial charge in [-0.2, -0.15) is 0 Å². The summed E-state index contributed by atoms with van der Waals surface area (Å²) in [5.74, 6) is -1.15. The molecule has 0 unspecified atom stereocenters. The average molecular weight is 405 g/mol. The van der Waals surface area contributed by atoms with Crippen molar-refractivity contribution in [1.29, 1.82) is 0 Å². The number of nitrogens with one attached hydrogen (secondary N) is 2. The molecule has 0 bridgehead atoms. The van der Waals surface area contributed by atoms with Gasteiger partial charge in [-0.05, 0) is 18.9 Å². The molecule has 0 aliphatic carbocycles. The van der Waals surface area contributed by atoms with Crippen LogP contribution in [0.25, 0.3) is 0 Å². The van der Waals surface area contributed by atoms with Gasteiger partial charge in [0.25, 0.3) is 5.91 Å². The first-order valence-corrected chi connectivity index (χ1v) is 10.2. The molecule has 28 heavy (non-hydrogen) atoms. The maximum atomic E-state index is 12.6. The number of carbonyl (C=O) groups is 4. The minimum atomic E-state index is -0.726. The second-order valence-corrected chi connectivity index (χ2v) is 7.88. The minimum Gasteiger partial charge on any atom is -0.454 e. The van der Waals surface area contributed by atoms with Crippen LogP contribution in [0.2, 0.25) is 0 Å². The SMILES string of the molecule is CCNC(=O)CNC(=O)COC(=O)[C@@H]1CS[C@]2(c3ccccc3)CCC(=O)N12. The fourth-order valence-corrected chi connectivity index (χ4v) is 5.17. The van der Waals surface area contributed by atoms with E-state index in [0.717, 1.165) is 5.56 Å². The first-order chi connectivity index (χ1) is 13.5. The summed E-state index contributed by atoms with van der Waals surface area (Å²) in [6, 6.07) is 8.93. The van der Waals surface area contributed by atoms with Crippen LogP contribution in [0.15, 0.2) is 30.3 Å². The highest BCUT2D eigenvalue weighted by Crippen LogP contribution is 2.54. The standard InChI is InChI=1S/C19H23N3O5S/c1-2-20-15(23)10-21-16(24)11-27-18(26)14-12-28-19(9-8-17(25)22(14)19)13-6-4-3-5-7-13/h3-7,14H,2,8-12H2,1H3,(H,20,23)(H,21,24)/t14-,19-/m0/s1. The van der Waals surface area contributed by atoms with Gasteiger partial charge in [-0.15, -0.1) is 11.8 Å². The average Bonchev–Trinajstić information content (AvgIpc) is 3.25. The third kappa shape index (κ3) is 3.99. The lowest BCUT2D eigenvalue weighted by molar-refractivity contribution is -0.156. The van der Waals surface area contributed by atoms with Gasteiger partial charge in [-0.1, -0.05) is 30.3 Å². The molecule has 0 spiro atoms. The quantitative estimate of drug-likeness (QED) is 0.635. The zero-order chi connectivity index (χ0) is 20.1. The fourth-order valence-electron chi connectivity index (χ4n) is 3.54. The lowest BCUT2D eigenvalue weighted by Crippen LogP contribution is -2.47. The molecule has 2 aliphatic rings. The maximum absolute atomic E-state index is 12.6. The van der Waals surface area contributed by atoms with Gasteiger partial charge in [0.1, 0.15) is 10.9 Å². The molecule has 2 saturated heterocycles. The fraction of sp³-hybridized carbons (Fsp3) is 0.474. The maximum Gasteiger partial charge on any atom is 0.330 e. The van der Waals surface area contributed by atoms with E-state index in [1.54, 1.807) is 23.6 Å². The van der Waals surface area contributed by atoms with Gasteiger partial charge >= 0.3 is 5.97 Å². The number of nitrogens with zero attached hydrogens (tertiary/aromatic N) is 1. The summed E-state index contributed by atoms with van der Waals surface area (Å²) in [5.41, 5.74) is 0.987. The van der Waals surface area contributed by atoms with E-state index in [9.17, 15) is 19.2 Å². The number of carbonyl (C=O) groups excluding carboxylic acids is 4. The van der Waals surface area contributed by atoms with Crippen LogP contribution in [0.1, 0.15) is 25.3 Å². The number of amides is 3. The van der Waals surface area contributed by atoms with Crippen LogP contribution >= 0.6 is 11.8 Å². The number of esters is 1. The van der Waals surface area contributed by atoms with E-state index in [0.29, 0.717) is 25.1 Å². The summed E-state index contributed by atoms with van der Waals surface area (Å²) >= 11 is 1.56. The van der Waals surface area contributed by atoms with Crippen molar-refractivity contribution in [3.8, 4) is 0 Å². The largest absolute Gasteiger partial charge is 0.454 e. The number of hydrogen-bond acceptors (Lipinski definition) is 6. The number of ether oxygens (including phenoxy) is 1. The van der Waals surface area contributed by atoms with Gasteiger partial charge in [0.15, 0.2) is 6.61 Å². The Kier molecular flexibility index (Phi) is 6.23. The Hall–Kier alpha value is -2.55. The van der Waals surface area contributed by atoms with Crippen LogP contribution in [-0.4, -0.2) is 60.1 Å². The number of likely N-dealkylation sites (N-methyl/N-ethyl adjacent to an activating group) is 1. The van der Waals surface area contributed by atoms with Crippen molar-refractivity contribution in [2.24, 2.45) is 0 Å². The molecular formula is C19H23N3O5S. The van der Waals surface area contributed by atoms with Crippen molar-refractivity contribution in [2.45, 2.75) is 30.7 Å². The summed E-state index contributed by atoms with van der Waals surface area (Å²) in [7, 11) is 0. The number of fused-ring (bicyclic) bond motifs is 1. The topological polar surface area (TPSA) is 105 Å². The molecular weight excluding hydrogens is 382 g/mol. The first kappa shape index (κ1) is 20.2. The lowest BCUT2D eigenvalue weighted by Gasteiger charge is -2.33. The molecule has 0 aromatic heterocycles. The van der Waals surface area contributed by atoms with Gasteiger partial charge in [-0.25, -0.2) is 4.79 Å². The Balaban J connectivity index is 1.60. The van der Waals surface area contributed by atoms with E-state index in [4.69, 9.17) is 4.74 Å². The molecule has 2 atom stereocenters. The van der Waals surface area contributed by atoms with Gasteiger partial charge in [0.05, 0.1) is 6.54 Å². The minimum absolute atomic E-state index is 0.0866. The molecule has 1 aromatic rings.